The zero-order valence-electron chi connectivity index (χ0n) is 9.56. The summed E-state index contributed by atoms with van der Waals surface area (Å²) in [4.78, 5) is 0. The number of nitrogens with one attached hydrogen (secondary N) is 1. The molecular weight excluding hydrogens is 229 g/mol. The van der Waals surface area contributed by atoms with Crippen LogP contribution in [0.1, 0.15) is 18.4 Å². The maximum absolute atomic E-state index is 11.8. The van der Waals surface area contributed by atoms with Gasteiger partial charge >= 0.3 is 6.18 Å². The van der Waals surface area contributed by atoms with Gasteiger partial charge in [0.15, 0.2) is 0 Å². The van der Waals surface area contributed by atoms with E-state index in [1.165, 1.54) is 0 Å². The van der Waals surface area contributed by atoms with Crippen molar-refractivity contribution in [3.63, 3.8) is 0 Å². The van der Waals surface area contributed by atoms with Gasteiger partial charge in [0.25, 0.3) is 0 Å². The number of benzene rings is 1. The largest absolute Gasteiger partial charge is 0.399 e. The number of hydrogen-bond donors (Lipinski definition) is 2. The molecule has 0 aliphatic rings. The Morgan fingerprint density at radius 3 is 2.47 bits per heavy atom. The molecular formula is C12H17F3N2. The fourth-order valence-electron chi connectivity index (χ4n) is 1.52. The smallest absolute Gasteiger partial charge is 0.390 e. The quantitative estimate of drug-likeness (QED) is 0.598. The number of aryl methyl sites for hydroxylation is 1. The third kappa shape index (κ3) is 6.16. The molecule has 0 amide bonds. The van der Waals surface area contributed by atoms with Gasteiger partial charge in [-0.1, -0.05) is 18.2 Å². The lowest BCUT2D eigenvalue weighted by atomic mass is 10.1. The fraction of sp³-hybridized carbons (Fsp3) is 0.500. The second kappa shape index (κ2) is 6.49. The third-order valence-electron chi connectivity index (χ3n) is 2.44. The second-order valence-corrected chi connectivity index (χ2v) is 3.92. The van der Waals surface area contributed by atoms with Gasteiger partial charge in [-0.3, -0.25) is 0 Å². The van der Waals surface area contributed by atoms with E-state index in [1.807, 2.05) is 24.3 Å². The van der Waals surface area contributed by atoms with Crippen LogP contribution >= 0.6 is 0 Å². The molecule has 0 heterocycles. The minimum Gasteiger partial charge on any atom is -0.399 e. The maximum atomic E-state index is 11.8. The van der Waals surface area contributed by atoms with E-state index in [0.29, 0.717) is 6.54 Å². The molecule has 3 N–H and O–H groups in total. The molecule has 1 rings (SSSR count). The van der Waals surface area contributed by atoms with E-state index >= 15 is 0 Å². The Balaban J connectivity index is 2.11. The summed E-state index contributed by atoms with van der Waals surface area (Å²) in [5.41, 5.74) is 7.53. The molecule has 1 aromatic carbocycles. The zero-order valence-corrected chi connectivity index (χ0v) is 9.56. The van der Waals surface area contributed by atoms with E-state index in [4.69, 9.17) is 5.73 Å². The average molecular weight is 246 g/mol. The lowest BCUT2D eigenvalue weighted by Crippen LogP contribution is -2.22. The summed E-state index contributed by atoms with van der Waals surface area (Å²) in [6.07, 6.45) is -3.28. The van der Waals surface area contributed by atoms with Crippen LogP contribution in [0, 0.1) is 0 Å². The number of nitrogen functional groups attached to an aromatic ring is 1. The van der Waals surface area contributed by atoms with Gasteiger partial charge in [-0.2, -0.15) is 13.2 Å². The van der Waals surface area contributed by atoms with Gasteiger partial charge in [-0.25, -0.2) is 0 Å². The zero-order chi connectivity index (χ0) is 12.7. The normalized spacial score (nSPS) is 11.7. The Morgan fingerprint density at radius 1 is 1.12 bits per heavy atom. The van der Waals surface area contributed by atoms with Crippen molar-refractivity contribution >= 4 is 5.69 Å². The van der Waals surface area contributed by atoms with Gasteiger partial charge in [0.2, 0.25) is 0 Å². The predicted molar refractivity (Wildman–Crippen MR) is 62.7 cm³/mol. The van der Waals surface area contributed by atoms with Crippen molar-refractivity contribution in [2.45, 2.75) is 25.4 Å². The first-order valence-electron chi connectivity index (χ1n) is 5.60. The highest BCUT2D eigenvalue weighted by molar-refractivity contribution is 5.46. The minimum absolute atomic E-state index is 0.0201. The van der Waals surface area contributed by atoms with E-state index in [2.05, 4.69) is 5.32 Å². The third-order valence-corrected chi connectivity index (χ3v) is 2.44. The Labute approximate surface area is 99.0 Å². The van der Waals surface area contributed by atoms with E-state index in [1.54, 1.807) is 0 Å². The number of anilines is 1. The fourth-order valence-corrected chi connectivity index (χ4v) is 1.52. The SMILES string of the molecule is Nc1ccccc1CCCNCCC(F)(F)F. The lowest BCUT2D eigenvalue weighted by Gasteiger charge is -2.08. The predicted octanol–water partition coefficient (Wildman–Crippen LogP) is 2.74. The first kappa shape index (κ1) is 13.8. The average Bonchev–Trinajstić information content (AvgIpc) is 2.24. The Hall–Kier alpha value is -1.23. The van der Waals surface area contributed by atoms with Crippen LogP contribution in [0.25, 0.3) is 0 Å². The van der Waals surface area contributed by atoms with Crippen molar-refractivity contribution in [3.8, 4) is 0 Å². The van der Waals surface area contributed by atoms with Crippen molar-refractivity contribution in [3.05, 3.63) is 29.8 Å². The second-order valence-electron chi connectivity index (χ2n) is 3.92. The topological polar surface area (TPSA) is 38.0 Å². The summed E-state index contributed by atoms with van der Waals surface area (Å²) < 4.78 is 35.5. The van der Waals surface area contributed by atoms with Gasteiger partial charge in [0.1, 0.15) is 0 Å². The molecule has 0 aliphatic carbocycles. The van der Waals surface area contributed by atoms with Gasteiger partial charge in [0, 0.05) is 12.2 Å². The number of halogens is 3. The molecule has 2 nitrogen and oxygen atoms in total. The van der Waals surface area contributed by atoms with Crippen LogP contribution in [-0.2, 0) is 6.42 Å². The molecule has 0 fully saturated rings. The van der Waals surface area contributed by atoms with Crippen LogP contribution < -0.4 is 11.1 Å². The summed E-state index contributed by atoms with van der Waals surface area (Å²) in [6.45, 7) is 0.554. The molecule has 0 unspecified atom stereocenters. The highest BCUT2D eigenvalue weighted by atomic mass is 19.4. The van der Waals surface area contributed by atoms with E-state index in [9.17, 15) is 13.2 Å². The summed E-state index contributed by atoms with van der Waals surface area (Å²) >= 11 is 0. The highest BCUT2D eigenvalue weighted by Gasteiger charge is 2.25. The number of alkyl halides is 3. The number of rotatable bonds is 6. The molecule has 0 saturated carbocycles. The molecule has 96 valence electrons. The van der Waals surface area contributed by atoms with E-state index in [0.717, 1.165) is 24.1 Å². The summed E-state index contributed by atoms with van der Waals surface area (Å²) in [5, 5.41) is 2.77. The Morgan fingerprint density at radius 2 is 1.82 bits per heavy atom. The minimum atomic E-state index is -4.07. The lowest BCUT2D eigenvalue weighted by molar-refractivity contribution is -0.133. The molecule has 0 aliphatic heterocycles. The van der Waals surface area contributed by atoms with Crippen molar-refractivity contribution in [1.29, 1.82) is 0 Å². The molecule has 0 bridgehead atoms. The highest BCUT2D eigenvalue weighted by Crippen LogP contribution is 2.18. The molecule has 1 aromatic rings. The molecule has 0 radical (unpaired) electrons. The van der Waals surface area contributed by atoms with Crippen molar-refractivity contribution < 1.29 is 13.2 Å². The van der Waals surface area contributed by atoms with Gasteiger partial charge in [-0.15, -0.1) is 0 Å². The van der Waals surface area contributed by atoms with E-state index in [-0.39, 0.29) is 6.54 Å². The first-order valence-corrected chi connectivity index (χ1v) is 5.60. The van der Waals surface area contributed by atoms with Gasteiger partial charge in [-0.05, 0) is 31.0 Å². The number of hydrogen-bond acceptors (Lipinski definition) is 2. The van der Waals surface area contributed by atoms with Gasteiger partial charge in [0.05, 0.1) is 6.42 Å². The van der Waals surface area contributed by atoms with Crippen LogP contribution in [-0.4, -0.2) is 19.3 Å². The van der Waals surface area contributed by atoms with Crippen molar-refractivity contribution in [2.75, 3.05) is 18.8 Å². The van der Waals surface area contributed by atoms with Crippen LogP contribution in [0.5, 0.6) is 0 Å². The van der Waals surface area contributed by atoms with Gasteiger partial charge < -0.3 is 11.1 Å². The summed E-state index contributed by atoms with van der Waals surface area (Å²) in [7, 11) is 0. The maximum Gasteiger partial charge on any atom is 0.390 e. The molecule has 0 aromatic heterocycles. The standard InChI is InChI=1S/C12H17F3N2/c13-12(14,15)7-9-17-8-3-5-10-4-1-2-6-11(10)16/h1-2,4,6,17H,3,5,7-9,16H2. The number of para-hydroxylation sites is 1. The molecule has 5 heteroatoms. The summed E-state index contributed by atoms with van der Waals surface area (Å²) in [5.74, 6) is 0. The van der Waals surface area contributed by atoms with E-state index < -0.39 is 12.6 Å². The van der Waals surface area contributed by atoms with Crippen LogP contribution in [0.2, 0.25) is 0 Å². The monoisotopic (exact) mass is 246 g/mol. The Bertz CT molecular complexity index is 337. The van der Waals surface area contributed by atoms with Crippen molar-refractivity contribution in [1.82, 2.24) is 5.32 Å². The molecule has 17 heavy (non-hydrogen) atoms. The van der Waals surface area contributed by atoms with Crippen LogP contribution in [0.3, 0.4) is 0 Å². The van der Waals surface area contributed by atoms with Crippen molar-refractivity contribution in [2.24, 2.45) is 0 Å². The number of nitrogens with two attached hydrogens (primary N) is 1. The molecule has 0 atom stereocenters. The first-order chi connectivity index (χ1) is 7.99. The summed E-state index contributed by atoms with van der Waals surface area (Å²) in [6, 6.07) is 7.53. The Kier molecular flexibility index (Phi) is 5.28. The van der Waals surface area contributed by atoms with Crippen LogP contribution in [0.4, 0.5) is 18.9 Å². The molecule has 0 saturated heterocycles. The van der Waals surface area contributed by atoms with Crippen LogP contribution in [0.15, 0.2) is 24.3 Å². The molecule has 0 spiro atoms.